The van der Waals surface area contributed by atoms with Gasteiger partial charge in [0.2, 0.25) is 0 Å². The molecule has 0 aromatic heterocycles. The second-order valence-corrected chi connectivity index (χ2v) is 6.07. The standard InChI is InChI=1S/C17H27NO3/c1-12-6-13(2)8-17(7-12)21-11-16(19)10-18-9-15-4-5-20-14(15)3/h6-8,14-16,18-19H,4-5,9-11H2,1-3H3. The van der Waals surface area contributed by atoms with E-state index in [9.17, 15) is 5.11 Å². The molecule has 0 spiro atoms. The largest absolute Gasteiger partial charge is 0.491 e. The Morgan fingerprint density at radius 3 is 2.67 bits per heavy atom. The molecule has 1 aromatic rings. The lowest BCUT2D eigenvalue weighted by Crippen LogP contribution is -2.35. The highest BCUT2D eigenvalue weighted by Gasteiger charge is 2.23. The minimum absolute atomic E-state index is 0.312. The van der Waals surface area contributed by atoms with E-state index < -0.39 is 6.10 Å². The molecule has 2 N–H and O–H groups in total. The van der Waals surface area contributed by atoms with Gasteiger partial charge in [0.25, 0.3) is 0 Å². The Labute approximate surface area is 127 Å². The Balaban J connectivity index is 1.66. The summed E-state index contributed by atoms with van der Waals surface area (Å²) < 4.78 is 11.2. The van der Waals surface area contributed by atoms with Crippen LogP contribution in [-0.2, 0) is 4.74 Å². The predicted molar refractivity (Wildman–Crippen MR) is 83.8 cm³/mol. The Bertz CT molecular complexity index is 429. The van der Waals surface area contributed by atoms with Gasteiger partial charge in [-0.1, -0.05) is 6.07 Å². The maximum absolute atomic E-state index is 9.97. The minimum Gasteiger partial charge on any atom is -0.491 e. The summed E-state index contributed by atoms with van der Waals surface area (Å²) in [7, 11) is 0. The van der Waals surface area contributed by atoms with Crippen LogP contribution < -0.4 is 10.1 Å². The number of rotatable bonds is 7. The van der Waals surface area contributed by atoms with E-state index in [0.29, 0.717) is 25.2 Å². The quantitative estimate of drug-likeness (QED) is 0.808. The summed E-state index contributed by atoms with van der Waals surface area (Å²) in [6.45, 7) is 8.80. The molecule has 1 saturated heterocycles. The van der Waals surface area contributed by atoms with Crippen molar-refractivity contribution in [3.63, 3.8) is 0 Å². The summed E-state index contributed by atoms with van der Waals surface area (Å²) >= 11 is 0. The van der Waals surface area contributed by atoms with Gasteiger partial charge in [-0.05, 0) is 56.4 Å². The molecule has 21 heavy (non-hydrogen) atoms. The number of hydrogen-bond donors (Lipinski definition) is 2. The van der Waals surface area contributed by atoms with Crippen molar-refractivity contribution in [2.75, 3.05) is 26.3 Å². The second kappa shape index (κ2) is 7.78. The van der Waals surface area contributed by atoms with Crippen LogP contribution in [0.5, 0.6) is 5.75 Å². The lowest BCUT2D eigenvalue weighted by molar-refractivity contribution is 0.0946. The van der Waals surface area contributed by atoms with Crippen molar-refractivity contribution >= 4 is 0 Å². The molecular formula is C17H27NO3. The summed E-state index contributed by atoms with van der Waals surface area (Å²) in [6.07, 6.45) is 0.924. The van der Waals surface area contributed by atoms with E-state index in [1.165, 1.54) is 11.1 Å². The molecule has 0 bridgehead atoms. The highest BCUT2D eigenvalue weighted by Crippen LogP contribution is 2.19. The predicted octanol–water partition coefficient (Wildman–Crippen LogP) is 2.06. The minimum atomic E-state index is -0.497. The Morgan fingerprint density at radius 2 is 2.05 bits per heavy atom. The fraction of sp³-hybridized carbons (Fsp3) is 0.647. The molecule has 4 nitrogen and oxygen atoms in total. The highest BCUT2D eigenvalue weighted by molar-refractivity contribution is 5.32. The van der Waals surface area contributed by atoms with Crippen LogP contribution in [0.25, 0.3) is 0 Å². The van der Waals surface area contributed by atoms with Gasteiger partial charge in [0.1, 0.15) is 18.5 Å². The average Bonchev–Trinajstić information content (AvgIpc) is 2.81. The number of aliphatic hydroxyl groups is 1. The maximum Gasteiger partial charge on any atom is 0.119 e. The molecule has 4 heteroatoms. The van der Waals surface area contributed by atoms with Crippen LogP contribution in [0.1, 0.15) is 24.5 Å². The van der Waals surface area contributed by atoms with E-state index in [1.54, 1.807) is 0 Å². The summed E-state index contributed by atoms with van der Waals surface area (Å²) in [5.74, 6) is 1.38. The highest BCUT2D eigenvalue weighted by atomic mass is 16.5. The Hall–Kier alpha value is -1.10. The average molecular weight is 293 g/mol. The molecular weight excluding hydrogens is 266 g/mol. The van der Waals surface area contributed by atoms with Gasteiger partial charge in [-0.2, -0.15) is 0 Å². The molecule has 1 fully saturated rings. The normalized spacial score (nSPS) is 23.2. The van der Waals surface area contributed by atoms with Gasteiger partial charge in [0.05, 0.1) is 6.10 Å². The van der Waals surface area contributed by atoms with Gasteiger partial charge in [-0.3, -0.25) is 0 Å². The smallest absolute Gasteiger partial charge is 0.119 e. The number of hydrogen-bond acceptors (Lipinski definition) is 4. The van der Waals surface area contributed by atoms with Gasteiger partial charge in [-0.15, -0.1) is 0 Å². The van der Waals surface area contributed by atoms with E-state index in [1.807, 2.05) is 26.0 Å². The van der Waals surface area contributed by atoms with Gasteiger partial charge < -0.3 is 19.9 Å². The van der Waals surface area contributed by atoms with Gasteiger partial charge >= 0.3 is 0 Å². The number of benzene rings is 1. The Kier molecular flexibility index (Phi) is 6.03. The first-order valence-electron chi connectivity index (χ1n) is 7.76. The van der Waals surface area contributed by atoms with Gasteiger partial charge in [0, 0.05) is 19.7 Å². The number of aliphatic hydroxyl groups excluding tert-OH is 1. The number of aryl methyl sites for hydroxylation is 2. The van der Waals surface area contributed by atoms with Crippen LogP contribution in [0.15, 0.2) is 18.2 Å². The number of ether oxygens (including phenoxy) is 2. The molecule has 0 aliphatic carbocycles. The molecule has 118 valence electrons. The van der Waals surface area contributed by atoms with Crippen LogP contribution in [0.3, 0.4) is 0 Å². The fourth-order valence-electron chi connectivity index (χ4n) is 2.75. The molecule has 1 heterocycles. The zero-order valence-corrected chi connectivity index (χ0v) is 13.3. The zero-order chi connectivity index (χ0) is 15.2. The van der Waals surface area contributed by atoms with E-state index in [-0.39, 0.29) is 0 Å². The molecule has 1 aromatic carbocycles. The van der Waals surface area contributed by atoms with Crippen LogP contribution in [0.4, 0.5) is 0 Å². The molecule has 0 radical (unpaired) electrons. The maximum atomic E-state index is 9.97. The lowest BCUT2D eigenvalue weighted by atomic mass is 10.0. The van der Waals surface area contributed by atoms with Crippen molar-refractivity contribution in [1.82, 2.24) is 5.32 Å². The van der Waals surface area contributed by atoms with Crippen molar-refractivity contribution in [2.45, 2.75) is 39.4 Å². The van der Waals surface area contributed by atoms with Gasteiger partial charge in [0.15, 0.2) is 0 Å². The van der Waals surface area contributed by atoms with Crippen LogP contribution in [-0.4, -0.2) is 43.6 Å². The third-order valence-electron chi connectivity index (χ3n) is 3.96. The summed E-state index contributed by atoms with van der Waals surface area (Å²) in [4.78, 5) is 0. The summed E-state index contributed by atoms with van der Waals surface area (Å²) in [6, 6.07) is 6.09. The molecule has 3 unspecified atom stereocenters. The van der Waals surface area contributed by atoms with Crippen molar-refractivity contribution in [1.29, 1.82) is 0 Å². The fourth-order valence-corrected chi connectivity index (χ4v) is 2.75. The van der Waals surface area contributed by atoms with Crippen LogP contribution >= 0.6 is 0 Å². The monoisotopic (exact) mass is 293 g/mol. The molecule has 0 amide bonds. The van der Waals surface area contributed by atoms with Crippen molar-refractivity contribution in [3.05, 3.63) is 29.3 Å². The topological polar surface area (TPSA) is 50.7 Å². The molecule has 0 saturated carbocycles. The molecule has 1 aliphatic heterocycles. The summed E-state index contributed by atoms with van der Waals surface area (Å²) in [5, 5.41) is 13.3. The third-order valence-corrected chi connectivity index (χ3v) is 3.96. The van der Waals surface area contributed by atoms with Crippen molar-refractivity contribution in [2.24, 2.45) is 5.92 Å². The van der Waals surface area contributed by atoms with Gasteiger partial charge in [-0.25, -0.2) is 0 Å². The first-order chi connectivity index (χ1) is 10.0. The molecule has 3 atom stereocenters. The van der Waals surface area contributed by atoms with Crippen LogP contribution in [0, 0.1) is 19.8 Å². The number of nitrogens with one attached hydrogen (secondary N) is 1. The zero-order valence-electron chi connectivity index (χ0n) is 13.3. The van der Waals surface area contributed by atoms with E-state index >= 15 is 0 Å². The molecule has 1 aliphatic rings. The SMILES string of the molecule is Cc1cc(C)cc(OCC(O)CNCC2CCOC2C)c1. The van der Waals surface area contributed by atoms with Crippen molar-refractivity contribution in [3.8, 4) is 5.75 Å². The third kappa shape index (κ3) is 5.30. The molecule has 2 rings (SSSR count). The van der Waals surface area contributed by atoms with Crippen LogP contribution in [0.2, 0.25) is 0 Å². The van der Waals surface area contributed by atoms with E-state index in [0.717, 1.165) is 25.3 Å². The first-order valence-corrected chi connectivity index (χ1v) is 7.76. The summed E-state index contributed by atoms with van der Waals surface area (Å²) in [5.41, 5.74) is 2.35. The first kappa shape index (κ1) is 16.3. The van der Waals surface area contributed by atoms with Crippen molar-refractivity contribution < 1.29 is 14.6 Å². The Morgan fingerprint density at radius 1 is 1.33 bits per heavy atom. The van der Waals surface area contributed by atoms with E-state index in [4.69, 9.17) is 9.47 Å². The van der Waals surface area contributed by atoms with E-state index in [2.05, 4.69) is 18.3 Å². The lowest BCUT2D eigenvalue weighted by Gasteiger charge is -2.17. The second-order valence-electron chi connectivity index (χ2n) is 6.07.